The molecule has 0 aromatic heterocycles. The van der Waals surface area contributed by atoms with Gasteiger partial charge in [0, 0.05) is 6.42 Å². The average Bonchev–Trinajstić information content (AvgIpc) is 2.44. The van der Waals surface area contributed by atoms with E-state index < -0.39 is 11.4 Å². The highest BCUT2D eigenvalue weighted by Crippen LogP contribution is 2.25. The van der Waals surface area contributed by atoms with Crippen molar-refractivity contribution in [2.24, 2.45) is 11.3 Å². The van der Waals surface area contributed by atoms with Crippen molar-refractivity contribution in [2.45, 2.75) is 59.3 Å². The summed E-state index contributed by atoms with van der Waals surface area (Å²) in [5.74, 6) is -0.136. The molecule has 0 N–H and O–H groups in total. The Morgan fingerprint density at radius 2 is 2.05 bits per heavy atom. The molecule has 0 saturated carbocycles. The van der Waals surface area contributed by atoms with Crippen LogP contribution in [-0.4, -0.2) is 12.6 Å². The van der Waals surface area contributed by atoms with Gasteiger partial charge in [-0.3, -0.25) is 4.79 Å². The minimum atomic E-state index is -1.20. The predicted octanol–water partition coefficient (Wildman–Crippen LogP) is 3.58. The summed E-state index contributed by atoms with van der Waals surface area (Å²) >= 11 is 0. The molecule has 0 rings (SSSR count). The number of carbonyl (C=O) groups is 1. The molecule has 2 atom stereocenters. The van der Waals surface area contributed by atoms with Crippen LogP contribution in [0.3, 0.4) is 0 Å². The van der Waals surface area contributed by atoms with Crippen LogP contribution in [0.4, 0.5) is 0 Å². The molecular formula is C15H24N2O2. The van der Waals surface area contributed by atoms with E-state index in [1.54, 1.807) is 6.92 Å². The first-order chi connectivity index (χ1) is 9.03. The Hall–Kier alpha value is -1.55. The van der Waals surface area contributed by atoms with Crippen LogP contribution < -0.4 is 0 Å². The maximum Gasteiger partial charge on any atom is 0.326 e. The smallest absolute Gasteiger partial charge is 0.326 e. The zero-order chi connectivity index (χ0) is 14.7. The van der Waals surface area contributed by atoms with Gasteiger partial charge in [-0.2, -0.15) is 10.5 Å². The quantitative estimate of drug-likeness (QED) is 0.596. The van der Waals surface area contributed by atoms with Gasteiger partial charge in [-0.05, 0) is 25.7 Å². The fourth-order valence-corrected chi connectivity index (χ4v) is 1.76. The normalized spacial score (nSPS) is 14.8. The predicted molar refractivity (Wildman–Crippen MR) is 72.8 cm³/mol. The fourth-order valence-electron chi connectivity index (χ4n) is 1.76. The van der Waals surface area contributed by atoms with E-state index in [1.807, 2.05) is 12.1 Å². The first-order valence-electron chi connectivity index (χ1n) is 6.99. The van der Waals surface area contributed by atoms with Crippen LogP contribution in [-0.2, 0) is 9.53 Å². The van der Waals surface area contributed by atoms with Crippen LogP contribution in [0.5, 0.6) is 0 Å². The number of rotatable bonds is 9. The molecule has 0 fully saturated rings. The molecule has 4 nitrogen and oxygen atoms in total. The zero-order valence-electron chi connectivity index (χ0n) is 12.2. The molecule has 0 aliphatic rings. The molecule has 0 aliphatic carbocycles. The summed E-state index contributed by atoms with van der Waals surface area (Å²) in [4.78, 5) is 11.9. The second kappa shape index (κ2) is 9.39. The van der Waals surface area contributed by atoms with Gasteiger partial charge in [0.15, 0.2) is 5.41 Å². The van der Waals surface area contributed by atoms with Gasteiger partial charge in [0.1, 0.15) is 0 Å². The van der Waals surface area contributed by atoms with Crippen molar-refractivity contribution >= 4 is 5.97 Å². The Kier molecular flexibility index (Phi) is 8.62. The number of carbonyl (C=O) groups excluding carboxylic acids is 1. The number of ether oxygens (including phenoxy) is 1. The van der Waals surface area contributed by atoms with Crippen molar-refractivity contribution in [2.75, 3.05) is 6.61 Å². The Morgan fingerprint density at radius 1 is 1.37 bits per heavy atom. The third kappa shape index (κ3) is 6.25. The molecule has 0 heterocycles. The summed E-state index contributed by atoms with van der Waals surface area (Å²) in [5, 5.41) is 17.6. The van der Waals surface area contributed by atoms with Gasteiger partial charge in [-0.25, -0.2) is 0 Å². The molecular weight excluding hydrogens is 240 g/mol. The van der Waals surface area contributed by atoms with Gasteiger partial charge >= 0.3 is 5.97 Å². The van der Waals surface area contributed by atoms with Crippen LogP contribution >= 0.6 is 0 Å². The van der Waals surface area contributed by atoms with E-state index in [0.29, 0.717) is 12.5 Å². The maximum absolute atomic E-state index is 11.9. The van der Waals surface area contributed by atoms with Gasteiger partial charge in [0.25, 0.3) is 0 Å². The van der Waals surface area contributed by atoms with Crippen molar-refractivity contribution in [3.8, 4) is 12.1 Å². The largest absolute Gasteiger partial charge is 0.464 e. The monoisotopic (exact) mass is 264 g/mol. The van der Waals surface area contributed by atoms with Crippen molar-refractivity contribution in [1.29, 1.82) is 10.5 Å². The standard InChI is InChI=1S/C15H24N2O2/c1-4-6-8-13(5-2)11-19-14(18)15(3,12-17)9-7-10-16/h13H,4-9,11H2,1-3H3. The molecule has 0 spiro atoms. The zero-order valence-corrected chi connectivity index (χ0v) is 12.2. The fraction of sp³-hybridized carbons (Fsp3) is 0.800. The molecule has 0 saturated heterocycles. The van der Waals surface area contributed by atoms with Gasteiger partial charge < -0.3 is 4.74 Å². The first kappa shape index (κ1) is 17.4. The third-order valence-corrected chi connectivity index (χ3v) is 3.43. The number of esters is 1. The lowest BCUT2D eigenvalue weighted by Crippen LogP contribution is -2.30. The average molecular weight is 264 g/mol. The summed E-state index contributed by atoms with van der Waals surface area (Å²) in [6.07, 6.45) is 4.68. The summed E-state index contributed by atoms with van der Waals surface area (Å²) in [5.41, 5.74) is -1.20. The number of hydrogen-bond acceptors (Lipinski definition) is 4. The second-order valence-corrected chi connectivity index (χ2v) is 5.12. The highest BCUT2D eigenvalue weighted by molar-refractivity contribution is 5.79. The van der Waals surface area contributed by atoms with Crippen molar-refractivity contribution in [3.05, 3.63) is 0 Å². The van der Waals surface area contributed by atoms with E-state index in [2.05, 4.69) is 13.8 Å². The minimum Gasteiger partial charge on any atom is -0.464 e. The van der Waals surface area contributed by atoms with E-state index in [4.69, 9.17) is 15.3 Å². The van der Waals surface area contributed by atoms with E-state index in [0.717, 1.165) is 25.7 Å². The van der Waals surface area contributed by atoms with E-state index in [1.165, 1.54) is 0 Å². The Bertz CT molecular complexity index is 354. The Morgan fingerprint density at radius 3 is 2.53 bits per heavy atom. The highest BCUT2D eigenvalue weighted by atomic mass is 16.5. The Labute approximate surface area is 116 Å². The molecule has 19 heavy (non-hydrogen) atoms. The second-order valence-electron chi connectivity index (χ2n) is 5.12. The minimum absolute atomic E-state index is 0.187. The highest BCUT2D eigenvalue weighted by Gasteiger charge is 2.35. The molecule has 0 aromatic rings. The summed E-state index contributed by atoms with van der Waals surface area (Å²) in [7, 11) is 0. The van der Waals surface area contributed by atoms with Gasteiger partial charge in [0.05, 0.1) is 18.7 Å². The van der Waals surface area contributed by atoms with E-state index in [9.17, 15) is 4.79 Å². The van der Waals surface area contributed by atoms with Crippen molar-refractivity contribution in [3.63, 3.8) is 0 Å². The van der Waals surface area contributed by atoms with E-state index >= 15 is 0 Å². The lowest BCUT2D eigenvalue weighted by Gasteiger charge is -2.21. The van der Waals surface area contributed by atoms with Crippen LogP contribution in [0.25, 0.3) is 0 Å². The van der Waals surface area contributed by atoms with Crippen LogP contribution in [0.1, 0.15) is 59.3 Å². The van der Waals surface area contributed by atoms with Crippen LogP contribution in [0.2, 0.25) is 0 Å². The van der Waals surface area contributed by atoms with Crippen LogP contribution in [0.15, 0.2) is 0 Å². The summed E-state index contributed by atoms with van der Waals surface area (Å²) < 4.78 is 5.27. The molecule has 0 aliphatic heterocycles. The number of nitrogens with zero attached hydrogens (tertiary/aromatic N) is 2. The number of unbranched alkanes of at least 4 members (excludes halogenated alkanes) is 1. The molecule has 4 heteroatoms. The number of hydrogen-bond donors (Lipinski definition) is 0. The molecule has 0 bridgehead atoms. The van der Waals surface area contributed by atoms with Gasteiger partial charge in [-0.15, -0.1) is 0 Å². The van der Waals surface area contributed by atoms with Crippen LogP contribution in [0, 0.1) is 34.0 Å². The summed E-state index contributed by atoms with van der Waals surface area (Å²) in [6.45, 7) is 6.12. The molecule has 0 amide bonds. The lowest BCUT2D eigenvalue weighted by molar-refractivity contribution is -0.153. The molecule has 0 radical (unpaired) electrons. The maximum atomic E-state index is 11.9. The lowest BCUT2D eigenvalue weighted by atomic mass is 9.87. The van der Waals surface area contributed by atoms with Crippen molar-refractivity contribution in [1.82, 2.24) is 0 Å². The van der Waals surface area contributed by atoms with E-state index in [-0.39, 0.29) is 12.8 Å². The first-order valence-corrected chi connectivity index (χ1v) is 6.99. The van der Waals surface area contributed by atoms with Crippen molar-refractivity contribution < 1.29 is 9.53 Å². The van der Waals surface area contributed by atoms with Gasteiger partial charge in [-0.1, -0.05) is 33.1 Å². The third-order valence-electron chi connectivity index (χ3n) is 3.43. The number of nitriles is 2. The Balaban J connectivity index is 4.34. The summed E-state index contributed by atoms with van der Waals surface area (Å²) in [6, 6.07) is 3.93. The SMILES string of the molecule is CCCCC(CC)COC(=O)C(C)(C#N)CCC#N. The topological polar surface area (TPSA) is 73.9 Å². The van der Waals surface area contributed by atoms with Gasteiger partial charge in [0.2, 0.25) is 0 Å². The molecule has 106 valence electrons. The molecule has 0 aromatic carbocycles. The molecule has 2 unspecified atom stereocenters.